The van der Waals surface area contributed by atoms with Crippen molar-refractivity contribution in [2.45, 2.75) is 18.7 Å². The molecule has 0 unspecified atom stereocenters. The summed E-state index contributed by atoms with van der Waals surface area (Å²) in [5, 5.41) is 6.42. The number of nitrogens with zero attached hydrogens (tertiary/aromatic N) is 2. The maximum Gasteiger partial charge on any atom is 0.251 e. The van der Waals surface area contributed by atoms with Crippen LogP contribution in [0.4, 0.5) is 0 Å². The average Bonchev–Trinajstić information content (AvgIpc) is 3.05. The van der Waals surface area contributed by atoms with Crippen LogP contribution in [0.3, 0.4) is 0 Å². The second-order valence-electron chi connectivity index (χ2n) is 5.08. The number of nitrogens with one attached hydrogen (secondary N) is 2. The van der Waals surface area contributed by atoms with Crippen LogP contribution in [0.15, 0.2) is 42.7 Å². The number of carbonyl (C=O) groups excluding carboxylic acids is 2. The van der Waals surface area contributed by atoms with Gasteiger partial charge in [0, 0.05) is 38.0 Å². The van der Waals surface area contributed by atoms with Gasteiger partial charge in [0.25, 0.3) is 5.91 Å². The van der Waals surface area contributed by atoms with Crippen molar-refractivity contribution in [3.8, 4) is 0 Å². The number of sulfonamides is 1. The molecule has 0 atom stereocenters. The Morgan fingerprint density at radius 2 is 1.92 bits per heavy atom. The van der Waals surface area contributed by atoms with Gasteiger partial charge in [0.1, 0.15) is 0 Å². The van der Waals surface area contributed by atoms with Crippen molar-refractivity contribution in [2.24, 2.45) is 0 Å². The van der Waals surface area contributed by atoms with Crippen LogP contribution in [0.25, 0.3) is 0 Å². The molecule has 0 saturated carbocycles. The summed E-state index contributed by atoms with van der Waals surface area (Å²) >= 11 is 0. The molecule has 8 nitrogen and oxygen atoms in total. The Labute approximate surface area is 139 Å². The van der Waals surface area contributed by atoms with Gasteiger partial charge >= 0.3 is 0 Å². The molecular weight excluding hydrogens is 332 g/mol. The van der Waals surface area contributed by atoms with Gasteiger partial charge in [-0.3, -0.25) is 19.0 Å². The Hall–Kier alpha value is -2.68. The zero-order valence-corrected chi connectivity index (χ0v) is 13.9. The lowest BCUT2D eigenvalue weighted by Crippen LogP contribution is -2.32. The monoisotopic (exact) mass is 350 g/mol. The van der Waals surface area contributed by atoms with Crippen molar-refractivity contribution in [3.63, 3.8) is 0 Å². The SMILES string of the molecule is CNC(=O)c1ccc(CS(=O)(=O)NC(=O)CCn2cccn2)cc1. The van der Waals surface area contributed by atoms with E-state index in [2.05, 4.69) is 10.4 Å². The number of rotatable bonds is 7. The molecule has 1 aromatic carbocycles. The summed E-state index contributed by atoms with van der Waals surface area (Å²) in [5.41, 5.74) is 0.914. The molecule has 0 aliphatic carbocycles. The largest absolute Gasteiger partial charge is 0.355 e. The molecular formula is C15H18N4O4S. The molecule has 2 rings (SSSR count). The highest BCUT2D eigenvalue weighted by Crippen LogP contribution is 2.08. The van der Waals surface area contributed by atoms with E-state index in [4.69, 9.17) is 0 Å². The standard InChI is InChI=1S/C15H18N4O4S/c1-16-15(21)13-5-3-12(4-6-13)11-24(22,23)18-14(20)7-10-19-9-2-8-17-19/h2-6,8-9H,7,10-11H2,1H3,(H,16,21)(H,18,20). The number of aromatic nitrogens is 2. The third-order valence-corrected chi connectivity index (χ3v) is 4.45. The van der Waals surface area contributed by atoms with E-state index >= 15 is 0 Å². The molecule has 2 amide bonds. The van der Waals surface area contributed by atoms with Gasteiger partial charge in [0.2, 0.25) is 15.9 Å². The zero-order chi connectivity index (χ0) is 17.6. The Morgan fingerprint density at radius 1 is 1.21 bits per heavy atom. The lowest BCUT2D eigenvalue weighted by Gasteiger charge is -2.08. The molecule has 9 heteroatoms. The van der Waals surface area contributed by atoms with Crippen molar-refractivity contribution in [2.75, 3.05) is 7.05 Å². The molecule has 2 aromatic rings. The Bertz CT molecular complexity index is 799. The van der Waals surface area contributed by atoms with Gasteiger partial charge in [-0.15, -0.1) is 0 Å². The van der Waals surface area contributed by atoms with E-state index in [0.29, 0.717) is 17.7 Å². The predicted octanol–water partition coefficient (Wildman–Crippen LogP) is 0.279. The first kappa shape index (κ1) is 17.7. The quantitative estimate of drug-likeness (QED) is 0.745. The first-order valence-electron chi connectivity index (χ1n) is 7.21. The fraction of sp³-hybridized carbons (Fsp3) is 0.267. The van der Waals surface area contributed by atoms with Crippen LogP contribution in [0.5, 0.6) is 0 Å². The Morgan fingerprint density at radius 3 is 2.50 bits per heavy atom. The number of benzene rings is 1. The summed E-state index contributed by atoms with van der Waals surface area (Å²) in [6.45, 7) is 0.301. The van der Waals surface area contributed by atoms with E-state index in [1.807, 2.05) is 4.72 Å². The fourth-order valence-corrected chi connectivity index (χ4v) is 3.18. The second kappa shape index (κ2) is 7.73. The van der Waals surface area contributed by atoms with Crippen LogP contribution in [-0.4, -0.2) is 37.1 Å². The van der Waals surface area contributed by atoms with E-state index in [1.165, 1.54) is 31.3 Å². The molecule has 0 fully saturated rings. The number of amides is 2. The van der Waals surface area contributed by atoms with Crippen LogP contribution in [0.2, 0.25) is 0 Å². The van der Waals surface area contributed by atoms with Crippen LogP contribution in [-0.2, 0) is 27.1 Å². The summed E-state index contributed by atoms with van der Waals surface area (Å²) in [5.74, 6) is -1.18. The molecule has 1 aromatic heterocycles. The van der Waals surface area contributed by atoms with E-state index in [-0.39, 0.29) is 18.1 Å². The maximum atomic E-state index is 12.0. The van der Waals surface area contributed by atoms with Crippen LogP contribution in [0.1, 0.15) is 22.3 Å². The zero-order valence-electron chi connectivity index (χ0n) is 13.1. The molecule has 0 aliphatic rings. The molecule has 2 N–H and O–H groups in total. The highest BCUT2D eigenvalue weighted by molar-refractivity contribution is 7.89. The minimum Gasteiger partial charge on any atom is -0.355 e. The lowest BCUT2D eigenvalue weighted by atomic mass is 10.1. The number of aryl methyl sites for hydroxylation is 1. The summed E-state index contributed by atoms with van der Waals surface area (Å²) in [4.78, 5) is 23.2. The van der Waals surface area contributed by atoms with Crippen molar-refractivity contribution in [3.05, 3.63) is 53.9 Å². The third-order valence-electron chi connectivity index (χ3n) is 3.20. The summed E-state index contributed by atoms with van der Waals surface area (Å²) < 4.78 is 27.6. The van der Waals surface area contributed by atoms with Crippen LogP contribution >= 0.6 is 0 Å². The number of hydrogen-bond donors (Lipinski definition) is 2. The van der Waals surface area contributed by atoms with Crippen LogP contribution in [0, 0.1) is 0 Å². The highest BCUT2D eigenvalue weighted by Gasteiger charge is 2.16. The van der Waals surface area contributed by atoms with Gasteiger partial charge in [0.15, 0.2) is 0 Å². The predicted molar refractivity (Wildman–Crippen MR) is 87.4 cm³/mol. The molecule has 0 aliphatic heterocycles. The van der Waals surface area contributed by atoms with Gasteiger partial charge in [-0.05, 0) is 23.8 Å². The molecule has 1 heterocycles. The topological polar surface area (TPSA) is 110 Å². The number of carbonyl (C=O) groups is 2. The first-order valence-corrected chi connectivity index (χ1v) is 8.86. The molecule has 24 heavy (non-hydrogen) atoms. The third kappa shape index (κ3) is 5.20. The molecule has 0 spiro atoms. The highest BCUT2D eigenvalue weighted by atomic mass is 32.2. The lowest BCUT2D eigenvalue weighted by molar-refractivity contribution is -0.119. The normalized spacial score (nSPS) is 11.0. The molecule has 0 saturated heterocycles. The minimum absolute atomic E-state index is 0.0104. The van der Waals surface area contributed by atoms with E-state index in [0.717, 1.165) is 0 Å². The summed E-state index contributed by atoms with van der Waals surface area (Å²) in [6.07, 6.45) is 3.28. The Kier molecular flexibility index (Phi) is 5.69. The van der Waals surface area contributed by atoms with Crippen LogP contribution < -0.4 is 10.0 Å². The fourth-order valence-electron chi connectivity index (χ4n) is 2.03. The van der Waals surface area contributed by atoms with Crippen molar-refractivity contribution >= 4 is 21.8 Å². The molecule has 0 radical (unpaired) electrons. The number of hydrogen-bond acceptors (Lipinski definition) is 5. The van der Waals surface area contributed by atoms with Gasteiger partial charge in [0.05, 0.1) is 5.75 Å². The van der Waals surface area contributed by atoms with Gasteiger partial charge in [-0.1, -0.05) is 12.1 Å². The van der Waals surface area contributed by atoms with E-state index in [9.17, 15) is 18.0 Å². The minimum atomic E-state index is -3.79. The van der Waals surface area contributed by atoms with E-state index in [1.54, 1.807) is 23.1 Å². The average molecular weight is 350 g/mol. The van der Waals surface area contributed by atoms with Crippen molar-refractivity contribution in [1.82, 2.24) is 19.8 Å². The molecule has 128 valence electrons. The van der Waals surface area contributed by atoms with E-state index < -0.39 is 15.9 Å². The summed E-state index contributed by atoms with van der Waals surface area (Å²) in [6, 6.07) is 7.86. The smallest absolute Gasteiger partial charge is 0.251 e. The molecule has 0 bridgehead atoms. The van der Waals surface area contributed by atoms with Gasteiger partial charge in [-0.2, -0.15) is 5.10 Å². The van der Waals surface area contributed by atoms with Crippen molar-refractivity contribution in [1.29, 1.82) is 0 Å². The van der Waals surface area contributed by atoms with Crippen molar-refractivity contribution < 1.29 is 18.0 Å². The van der Waals surface area contributed by atoms with Gasteiger partial charge in [-0.25, -0.2) is 8.42 Å². The summed E-state index contributed by atoms with van der Waals surface area (Å²) in [7, 11) is -2.28. The Balaban J connectivity index is 1.90. The first-order chi connectivity index (χ1) is 11.4. The second-order valence-corrected chi connectivity index (χ2v) is 6.80. The maximum absolute atomic E-state index is 12.0. The van der Waals surface area contributed by atoms with Gasteiger partial charge < -0.3 is 5.32 Å².